The highest BCUT2D eigenvalue weighted by atomic mass is 35.5. The molecule has 0 aliphatic carbocycles. The maximum absolute atomic E-state index is 12.6. The van der Waals surface area contributed by atoms with Crippen LogP contribution >= 0.6 is 22.9 Å². The lowest BCUT2D eigenvalue weighted by atomic mass is 9.89. The van der Waals surface area contributed by atoms with Crippen molar-refractivity contribution < 1.29 is 13.9 Å². The molecule has 4 rings (SSSR count). The molecule has 0 saturated heterocycles. The number of nitriles is 1. The van der Waals surface area contributed by atoms with Gasteiger partial charge in [0.15, 0.2) is 0 Å². The lowest BCUT2D eigenvalue weighted by molar-refractivity contribution is 0.247. The largest absolute Gasteiger partial charge is 0.439 e. The molecule has 1 aliphatic rings. The predicted molar refractivity (Wildman–Crippen MR) is 113 cm³/mol. The molecule has 2 N–H and O–H groups in total. The number of urea groups is 1. The molecular formula is C21H14ClN3O4S. The van der Waals surface area contributed by atoms with Gasteiger partial charge in [-0.1, -0.05) is 23.7 Å². The number of fused-ring (bicyclic) bond motifs is 1. The van der Waals surface area contributed by atoms with Crippen molar-refractivity contribution in [2.24, 2.45) is 0 Å². The third kappa shape index (κ3) is 3.81. The minimum atomic E-state index is -0.711. The zero-order chi connectivity index (χ0) is 21.3. The van der Waals surface area contributed by atoms with Crippen LogP contribution in [-0.4, -0.2) is 6.03 Å². The van der Waals surface area contributed by atoms with Gasteiger partial charge in [0.05, 0.1) is 11.5 Å². The van der Waals surface area contributed by atoms with Gasteiger partial charge in [-0.3, -0.25) is 5.32 Å². The molecule has 150 valence electrons. The summed E-state index contributed by atoms with van der Waals surface area (Å²) in [5, 5.41) is 17.4. The van der Waals surface area contributed by atoms with Crippen LogP contribution in [0.2, 0.25) is 5.02 Å². The number of thiophene rings is 1. The first-order valence-electron chi connectivity index (χ1n) is 8.80. The molecule has 3 aromatic rings. The highest BCUT2D eigenvalue weighted by Crippen LogP contribution is 2.42. The second kappa shape index (κ2) is 8.06. The summed E-state index contributed by atoms with van der Waals surface area (Å²) in [7, 11) is 0. The summed E-state index contributed by atoms with van der Waals surface area (Å²) in [5.41, 5.74) is 0.211. The molecule has 1 unspecified atom stereocenters. The number of halogens is 1. The second-order valence-corrected chi connectivity index (χ2v) is 7.83. The van der Waals surface area contributed by atoms with Crippen molar-refractivity contribution in [2.45, 2.75) is 12.8 Å². The van der Waals surface area contributed by atoms with Crippen molar-refractivity contribution >= 4 is 34.7 Å². The Morgan fingerprint density at radius 3 is 2.77 bits per heavy atom. The van der Waals surface area contributed by atoms with Crippen LogP contribution in [0, 0.1) is 18.3 Å². The van der Waals surface area contributed by atoms with Gasteiger partial charge in [0.2, 0.25) is 5.88 Å². The van der Waals surface area contributed by atoms with E-state index in [1.165, 1.54) is 11.3 Å². The van der Waals surface area contributed by atoms with E-state index in [1.54, 1.807) is 37.3 Å². The van der Waals surface area contributed by atoms with E-state index in [1.807, 2.05) is 17.5 Å². The number of hydrogen-bond donors (Lipinski definition) is 2. The normalized spacial score (nSPS) is 15.0. The number of nitrogens with one attached hydrogen (secondary N) is 2. The van der Waals surface area contributed by atoms with Crippen LogP contribution in [0.15, 0.2) is 68.5 Å². The number of aryl methyl sites for hydroxylation is 1. The van der Waals surface area contributed by atoms with Crippen molar-refractivity contribution in [3.63, 3.8) is 0 Å². The van der Waals surface area contributed by atoms with Gasteiger partial charge in [-0.2, -0.15) is 5.26 Å². The smallest absolute Gasteiger partial charge is 0.343 e. The number of allylic oxidation sites excluding steroid dienone is 1. The van der Waals surface area contributed by atoms with Crippen LogP contribution in [0.25, 0.3) is 0 Å². The first-order valence-corrected chi connectivity index (χ1v) is 10.1. The van der Waals surface area contributed by atoms with Crippen molar-refractivity contribution in [1.29, 1.82) is 5.26 Å². The highest BCUT2D eigenvalue weighted by molar-refractivity contribution is 7.10. The maximum Gasteiger partial charge on any atom is 0.343 e. The van der Waals surface area contributed by atoms with Crippen LogP contribution < -0.4 is 21.0 Å². The monoisotopic (exact) mass is 439 g/mol. The van der Waals surface area contributed by atoms with Crippen LogP contribution in [0.3, 0.4) is 0 Å². The summed E-state index contributed by atoms with van der Waals surface area (Å²) >= 11 is 7.33. The van der Waals surface area contributed by atoms with E-state index >= 15 is 0 Å². The molecule has 0 spiro atoms. The molecule has 9 heteroatoms. The summed E-state index contributed by atoms with van der Waals surface area (Å²) in [6.45, 7) is 1.62. The van der Waals surface area contributed by atoms with Crippen molar-refractivity contribution in [3.8, 4) is 11.8 Å². The summed E-state index contributed by atoms with van der Waals surface area (Å²) in [6.07, 6.45) is 0. The Labute approximate surface area is 180 Å². The number of nitrogens with zero attached hydrogens (tertiary/aromatic N) is 1. The number of anilines is 1. The molecule has 1 aliphatic heterocycles. The van der Waals surface area contributed by atoms with Gasteiger partial charge in [-0.25, -0.2) is 9.59 Å². The minimum absolute atomic E-state index is 0.0482. The molecule has 1 aromatic carbocycles. The van der Waals surface area contributed by atoms with Gasteiger partial charge in [-0.15, -0.1) is 11.3 Å². The van der Waals surface area contributed by atoms with E-state index in [-0.39, 0.29) is 22.8 Å². The molecular weight excluding hydrogens is 426 g/mol. The minimum Gasteiger partial charge on any atom is -0.439 e. The van der Waals surface area contributed by atoms with E-state index in [0.29, 0.717) is 16.5 Å². The van der Waals surface area contributed by atoms with Gasteiger partial charge in [0.25, 0.3) is 0 Å². The average Bonchev–Trinajstić information content (AvgIpc) is 3.21. The van der Waals surface area contributed by atoms with Gasteiger partial charge < -0.3 is 14.5 Å². The van der Waals surface area contributed by atoms with Gasteiger partial charge in [0, 0.05) is 21.7 Å². The summed E-state index contributed by atoms with van der Waals surface area (Å²) in [4.78, 5) is 25.8. The Hall–Kier alpha value is -3.54. The Morgan fingerprint density at radius 1 is 1.23 bits per heavy atom. The number of benzene rings is 1. The van der Waals surface area contributed by atoms with Gasteiger partial charge in [0.1, 0.15) is 23.2 Å². The Balaban J connectivity index is 1.74. The topological polar surface area (TPSA) is 104 Å². The lowest BCUT2D eigenvalue weighted by Crippen LogP contribution is -2.35. The first kappa shape index (κ1) is 19.8. The fourth-order valence-electron chi connectivity index (χ4n) is 3.16. The van der Waals surface area contributed by atoms with Crippen LogP contribution in [0.4, 0.5) is 10.5 Å². The third-order valence-corrected chi connectivity index (χ3v) is 5.54. The maximum atomic E-state index is 12.6. The standard InChI is InChI=1S/C21H14ClN3O4S/c1-11-8-15-18(20(26)28-11)17(16-6-3-7-30-16)14(10-23)19(29-15)25-21(27)24-13-5-2-4-12(22)9-13/h2-9,17H,1H3,(H2,24,25,27). The van der Waals surface area contributed by atoms with E-state index in [4.69, 9.17) is 20.8 Å². The number of amides is 2. The third-order valence-electron chi connectivity index (χ3n) is 4.37. The fraction of sp³-hybridized carbons (Fsp3) is 0.0952. The van der Waals surface area contributed by atoms with E-state index in [0.717, 1.165) is 4.88 Å². The highest BCUT2D eigenvalue weighted by Gasteiger charge is 2.36. The first-order chi connectivity index (χ1) is 14.5. The molecule has 2 aromatic heterocycles. The Morgan fingerprint density at radius 2 is 2.07 bits per heavy atom. The second-order valence-electron chi connectivity index (χ2n) is 6.42. The summed E-state index contributed by atoms with van der Waals surface area (Å²) in [5.74, 6) is -0.170. The van der Waals surface area contributed by atoms with Crippen LogP contribution in [-0.2, 0) is 0 Å². The predicted octanol–water partition coefficient (Wildman–Crippen LogP) is 4.74. The SMILES string of the molecule is Cc1cc2c(c(=O)o1)C(c1cccs1)C(C#N)=C(NC(=O)Nc1cccc(Cl)c1)O2. The number of rotatable bonds is 3. The molecule has 7 nitrogen and oxygen atoms in total. The molecule has 1 atom stereocenters. The lowest BCUT2D eigenvalue weighted by Gasteiger charge is -2.26. The van der Waals surface area contributed by atoms with Crippen molar-refractivity contribution in [3.05, 3.63) is 90.9 Å². The van der Waals surface area contributed by atoms with E-state index in [2.05, 4.69) is 16.7 Å². The number of carbonyl (C=O) groups excluding carboxylic acids is 1. The molecule has 0 bridgehead atoms. The van der Waals surface area contributed by atoms with Gasteiger partial charge >= 0.3 is 11.7 Å². The number of ether oxygens (including phenoxy) is 1. The van der Waals surface area contributed by atoms with E-state index < -0.39 is 17.6 Å². The summed E-state index contributed by atoms with van der Waals surface area (Å²) < 4.78 is 11.0. The van der Waals surface area contributed by atoms with Crippen molar-refractivity contribution in [2.75, 3.05) is 5.32 Å². The number of carbonyl (C=O) groups is 1. The Kier molecular flexibility index (Phi) is 5.31. The molecule has 0 saturated carbocycles. The molecule has 30 heavy (non-hydrogen) atoms. The van der Waals surface area contributed by atoms with Crippen molar-refractivity contribution in [1.82, 2.24) is 5.32 Å². The zero-order valence-electron chi connectivity index (χ0n) is 15.6. The fourth-order valence-corrected chi connectivity index (χ4v) is 4.19. The number of hydrogen-bond acceptors (Lipinski definition) is 6. The van der Waals surface area contributed by atoms with Crippen LogP contribution in [0.5, 0.6) is 5.75 Å². The summed E-state index contributed by atoms with van der Waals surface area (Å²) in [6, 6.07) is 13.3. The van der Waals surface area contributed by atoms with Crippen LogP contribution in [0.1, 0.15) is 22.1 Å². The molecule has 3 heterocycles. The molecule has 2 amide bonds. The molecule has 0 radical (unpaired) electrons. The quantitative estimate of drug-likeness (QED) is 0.613. The Bertz CT molecular complexity index is 1260. The molecule has 0 fully saturated rings. The van der Waals surface area contributed by atoms with E-state index in [9.17, 15) is 14.9 Å². The van der Waals surface area contributed by atoms with Gasteiger partial charge in [-0.05, 0) is 36.6 Å². The average molecular weight is 440 g/mol. The zero-order valence-corrected chi connectivity index (χ0v) is 17.1.